The molecule has 1 N–H and O–H groups in total. The lowest BCUT2D eigenvalue weighted by atomic mass is 9.70. The average molecular weight is 377 g/mol. The zero-order valence-electron chi connectivity index (χ0n) is 17.1. The Hall–Kier alpha value is -2.80. The van der Waals surface area contributed by atoms with Crippen LogP contribution in [0.4, 0.5) is 4.79 Å². The van der Waals surface area contributed by atoms with Crippen molar-refractivity contribution in [3.63, 3.8) is 0 Å². The molecule has 1 aliphatic carbocycles. The number of amides is 1. The fourth-order valence-corrected chi connectivity index (χ4v) is 4.13. The van der Waals surface area contributed by atoms with Gasteiger partial charge in [-0.3, -0.25) is 0 Å². The van der Waals surface area contributed by atoms with Crippen molar-refractivity contribution in [1.29, 1.82) is 5.26 Å². The predicted molar refractivity (Wildman–Crippen MR) is 110 cm³/mol. The highest BCUT2D eigenvalue weighted by Gasteiger charge is 2.41. The van der Waals surface area contributed by atoms with Gasteiger partial charge in [-0.2, -0.15) is 5.26 Å². The molecule has 1 aliphatic rings. The van der Waals surface area contributed by atoms with Crippen molar-refractivity contribution < 1.29 is 9.53 Å². The highest BCUT2D eigenvalue weighted by Crippen LogP contribution is 2.42. The molecule has 0 spiro atoms. The largest absolute Gasteiger partial charge is 0.444 e. The van der Waals surface area contributed by atoms with Gasteiger partial charge in [0.1, 0.15) is 11.0 Å². The number of carbonyl (C=O) groups is 1. The van der Waals surface area contributed by atoms with Crippen molar-refractivity contribution in [3.05, 3.63) is 70.8 Å². The minimum atomic E-state index is -0.807. The van der Waals surface area contributed by atoms with Gasteiger partial charge in [-0.25, -0.2) is 4.79 Å². The third-order valence-corrected chi connectivity index (χ3v) is 5.18. The lowest BCUT2D eigenvalue weighted by Crippen LogP contribution is -2.42. The molecule has 0 saturated heterocycles. The molecule has 0 bridgehead atoms. The van der Waals surface area contributed by atoms with Gasteiger partial charge >= 0.3 is 6.09 Å². The zero-order chi connectivity index (χ0) is 20.4. The van der Waals surface area contributed by atoms with Crippen LogP contribution in [0.2, 0.25) is 0 Å². The Morgan fingerprint density at radius 1 is 1.11 bits per heavy atom. The summed E-state index contributed by atoms with van der Waals surface area (Å²) in [6, 6.07) is 18.8. The molecule has 2 aromatic rings. The Morgan fingerprint density at radius 3 is 2.07 bits per heavy atom. The summed E-state index contributed by atoms with van der Waals surface area (Å²) in [4.78, 5) is 12.2. The fraction of sp³-hybridized carbons (Fsp3) is 0.417. The summed E-state index contributed by atoms with van der Waals surface area (Å²) in [6.07, 6.45) is 1.84. The molecule has 0 aliphatic heterocycles. The number of hydrogen-bond donors (Lipinski definition) is 1. The van der Waals surface area contributed by atoms with Crippen LogP contribution in [-0.2, 0) is 23.0 Å². The maximum absolute atomic E-state index is 12.2. The van der Waals surface area contributed by atoms with Crippen LogP contribution < -0.4 is 5.32 Å². The molecule has 0 radical (unpaired) electrons. The van der Waals surface area contributed by atoms with E-state index in [-0.39, 0.29) is 6.04 Å². The first-order valence-electron chi connectivity index (χ1n) is 9.83. The second-order valence-corrected chi connectivity index (χ2v) is 8.58. The standard InChI is InChI=1S/C24H28N2O2/c1-17(26-22(27)28-23(2,3)4)15-24(16-25)20-11-7-5-9-18(20)13-14-19-10-6-8-12-21(19)24/h5-12,17H,13-15H2,1-4H3,(H,26,27)/t17-/m0/s1. The molecule has 4 heteroatoms. The van der Waals surface area contributed by atoms with E-state index in [2.05, 4.69) is 35.7 Å². The van der Waals surface area contributed by atoms with Crippen LogP contribution in [0.25, 0.3) is 0 Å². The first-order valence-corrected chi connectivity index (χ1v) is 9.83. The van der Waals surface area contributed by atoms with Gasteiger partial charge in [-0.1, -0.05) is 48.5 Å². The summed E-state index contributed by atoms with van der Waals surface area (Å²) in [5, 5.41) is 13.3. The number of nitrogens with one attached hydrogen (secondary N) is 1. The Kier molecular flexibility index (Phi) is 5.47. The summed E-state index contributed by atoms with van der Waals surface area (Å²) in [6.45, 7) is 7.45. The fourth-order valence-electron chi connectivity index (χ4n) is 4.13. The number of aryl methyl sites for hydroxylation is 2. The Balaban J connectivity index is 1.99. The van der Waals surface area contributed by atoms with Crippen LogP contribution in [-0.4, -0.2) is 17.7 Å². The Labute approximate surface area is 167 Å². The quantitative estimate of drug-likeness (QED) is 0.829. The SMILES string of the molecule is C[C@@H](CC1(C#N)c2ccccc2CCc2ccccc21)NC(=O)OC(C)(C)C. The van der Waals surface area contributed by atoms with E-state index in [4.69, 9.17) is 4.74 Å². The number of fused-ring (bicyclic) bond motifs is 2. The number of carbonyl (C=O) groups excluding carboxylic acids is 1. The van der Waals surface area contributed by atoms with Gasteiger partial charge in [0.25, 0.3) is 0 Å². The number of nitriles is 1. The molecular formula is C24H28N2O2. The third kappa shape index (κ3) is 4.04. The number of ether oxygens (including phenoxy) is 1. The van der Waals surface area contributed by atoms with Gasteiger partial charge in [0.05, 0.1) is 6.07 Å². The summed E-state index contributed by atoms with van der Waals surface area (Å²) in [7, 11) is 0. The lowest BCUT2D eigenvalue weighted by Gasteiger charge is -2.32. The van der Waals surface area contributed by atoms with E-state index in [1.165, 1.54) is 11.1 Å². The number of benzene rings is 2. The molecule has 3 rings (SSSR count). The van der Waals surface area contributed by atoms with Gasteiger partial charge < -0.3 is 10.1 Å². The maximum atomic E-state index is 12.2. The van der Waals surface area contributed by atoms with Crippen molar-refractivity contribution in [1.82, 2.24) is 5.32 Å². The van der Waals surface area contributed by atoms with Crippen molar-refractivity contribution >= 4 is 6.09 Å². The van der Waals surface area contributed by atoms with Gasteiger partial charge in [0, 0.05) is 6.04 Å². The topological polar surface area (TPSA) is 62.1 Å². The van der Waals surface area contributed by atoms with Crippen LogP contribution in [0, 0.1) is 11.3 Å². The summed E-state index contributed by atoms with van der Waals surface area (Å²) < 4.78 is 5.39. The molecule has 0 heterocycles. The minimum Gasteiger partial charge on any atom is -0.444 e. The molecule has 0 aromatic heterocycles. The molecule has 1 atom stereocenters. The van der Waals surface area contributed by atoms with E-state index >= 15 is 0 Å². The smallest absolute Gasteiger partial charge is 0.407 e. The molecule has 1 amide bonds. The predicted octanol–water partition coefficient (Wildman–Crippen LogP) is 4.90. The van der Waals surface area contributed by atoms with E-state index in [1.54, 1.807) is 0 Å². The van der Waals surface area contributed by atoms with Crippen molar-refractivity contribution in [2.75, 3.05) is 0 Å². The van der Waals surface area contributed by atoms with Crippen molar-refractivity contribution in [2.24, 2.45) is 0 Å². The molecule has 0 fully saturated rings. The summed E-state index contributed by atoms with van der Waals surface area (Å²) in [5.41, 5.74) is 3.12. The van der Waals surface area contributed by atoms with E-state index in [9.17, 15) is 10.1 Å². The summed E-state index contributed by atoms with van der Waals surface area (Å²) in [5.74, 6) is 0. The average Bonchev–Trinajstić information content (AvgIpc) is 2.76. The van der Waals surface area contributed by atoms with E-state index in [0.717, 1.165) is 24.0 Å². The molecule has 4 nitrogen and oxygen atoms in total. The van der Waals surface area contributed by atoms with E-state index < -0.39 is 17.1 Å². The van der Waals surface area contributed by atoms with Gasteiger partial charge in [-0.05, 0) is 69.2 Å². The van der Waals surface area contributed by atoms with Gasteiger partial charge in [0.15, 0.2) is 0 Å². The number of alkyl carbamates (subject to hydrolysis) is 1. The minimum absolute atomic E-state index is 0.228. The van der Waals surface area contributed by atoms with Crippen molar-refractivity contribution in [3.8, 4) is 6.07 Å². The number of nitrogens with zero attached hydrogens (tertiary/aromatic N) is 1. The monoisotopic (exact) mass is 376 g/mol. The third-order valence-electron chi connectivity index (χ3n) is 5.18. The molecule has 28 heavy (non-hydrogen) atoms. The van der Waals surface area contributed by atoms with Crippen LogP contribution in [0.1, 0.15) is 56.4 Å². The van der Waals surface area contributed by atoms with Crippen LogP contribution in [0.3, 0.4) is 0 Å². The highest BCUT2D eigenvalue weighted by molar-refractivity contribution is 5.68. The first kappa shape index (κ1) is 19.9. The second kappa shape index (κ2) is 7.67. The van der Waals surface area contributed by atoms with E-state index in [0.29, 0.717) is 6.42 Å². The molecule has 0 saturated carbocycles. The second-order valence-electron chi connectivity index (χ2n) is 8.58. The van der Waals surface area contributed by atoms with Gasteiger partial charge in [0.2, 0.25) is 0 Å². The van der Waals surface area contributed by atoms with Crippen molar-refractivity contribution in [2.45, 2.75) is 64.0 Å². The zero-order valence-corrected chi connectivity index (χ0v) is 17.1. The Morgan fingerprint density at radius 2 is 1.61 bits per heavy atom. The van der Waals surface area contributed by atoms with Gasteiger partial charge in [-0.15, -0.1) is 0 Å². The first-order chi connectivity index (χ1) is 13.2. The summed E-state index contributed by atoms with van der Waals surface area (Å²) >= 11 is 0. The van der Waals surface area contributed by atoms with Crippen LogP contribution >= 0.6 is 0 Å². The highest BCUT2D eigenvalue weighted by atomic mass is 16.6. The lowest BCUT2D eigenvalue weighted by molar-refractivity contribution is 0.0503. The van der Waals surface area contributed by atoms with E-state index in [1.807, 2.05) is 52.0 Å². The molecular weight excluding hydrogens is 348 g/mol. The molecule has 146 valence electrons. The Bertz CT molecular complexity index is 858. The molecule has 0 unspecified atom stereocenters. The van der Waals surface area contributed by atoms with Crippen LogP contribution in [0.15, 0.2) is 48.5 Å². The maximum Gasteiger partial charge on any atom is 0.407 e. The normalized spacial score (nSPS) is 16.0. The van der Waals surface area contributed by atoms with Crippen LogP contribution in [0.5, 0.6) is 0 Å². The number of rotatable bonds is 3. The number of hydrogen-bond acceptors (Lipinski definition) is 3. The molecule has 2 aromatic carbocycles.